The lowest BCUT2D eigenvalue weighted by atomic mass is 10.0. The standard InChI is InChI=1S/C21H20N4O2S/c1-14-8-9-17(15(2)12-14)18-13-28-21-23-20(24-25(18)21)22-19(26)10-11-27-16-6-4-3-5-7-16/h3-9,12-13H,10-11H2,1-2H3,(H,22,24,26). The Kier molecular flexibility index (Phi) is 5.08. The molecule has 6 nitrogen and oxygen atoms in total. The molecule has 0 atom stereocenters. The molecule has 142 valence electrons. The van der Waals surface area contributed by atoms with Crippen molar-refractivity contribution in [3.05, 3.63) is 65.0 Å². The molecule has 1 N–H and O–H groups in total. The zero-order valence-corrected chi connectivity index (χ0v) is 16.5. The van der Waals surface area contributed by atoms with Crippen LogP contribution < -0.4 is 10.1 Å². The number of ether oxygens (including phenoxy) is 1. The number of para-hydroxylation sites is 1. The minimum Gasteiger partial charge on any atom is -0.493 e. The molecule has 2 aromatic heterocycles. The number of carbonyl (C=O) groups is 1. The van der Waals surface area contributed by atoms with Gasteiger partial charge in [-0.05, 0) is 31.5 Å². The van der Waals surface area contributed by atoms with Crippen LogP contribution in [0.3, 0.4) is 0 Å². The molecule has 2 aromatic carbocycles. The molecule has 0 unspecified atom stereocenters. The second kappa shape index (κ2) is 7.82. The number of amides is 1. The molecular formula is C21H20N4O2S. The highest BCUT2D eigenvalue weighted by atomic mass is 32.1. The zero-order valence-electron chi connectivity index (χ0n) is 15.7. The minimum atomic E-state index is -0.178. The largest absolute Gasteiger partial charge is 0.493 e. The van der Waals surface area contributed by atoms with Crippen LogP contribution in [-0.4, -0.2) is 27.1 Å². The van der Waals surface area contributed by atoms with Gasteiger partial charge >= 0.3 is 0 Å². The second-order valence-electron chi connectivity index (χ2n) is 6.53. The van der Waals surface area contributed by atoms with Gasteiger partial charge in [0.05, 0.1) is 18.7 Å². The highest BCUT2D eigenvalue weighted by Crippen LogP contribution is 2.28. The van der Waals surface area contributed by atoms with Gasteiger partial charge in [0.15, 0.2) is 0 Å². The van der Waals surface area contributed by atoms with Crippen molar-refractivity contribution in [3.8, 4) is 17.0 Å². The predicted octanol–water partition coefficient (Wildman–Crippen LogP) is 4.48. The lowest BCUT2D eigenvalue weighted by Gasteiger charge is -2.06. The first-order valence-corrected chi connectivity index (χ1v) is 9.88. The summed E-state index contributed by atoms with van der Waals surface area (Å²) in [4.78, 5) is 17.3. The van der Waals surface area contributed by atoms with Gasteiger partial charge in [-0.25, -0.2) is 4.52 Å². The van der Waals surface area contributed by atoms with Crippen molar-refractivity contribution in [2.24, 2.45) is 0 Å². The number of aromatic nitrogens is 3. The molecule has 0 bridgehead atoms. The minimum absolute atomic E-state index is 0.178. The van der Waals surface area contributed by atoms with Crippen molar-refractivity contribution < 1.29 is 9.53 Å². The number of anilines is 1. The number of nitrogens with zero attached hydrogens (tertiary/aromatic N) is 3. The third-order valence-corrected chi connectivity index (χ3v) is 5.15. The monoisotopic (exact) mass is 392 g/mol. The molecule has 0 saturated carbocycles. The van der Waals surface area contributed by atoms with Gasteiger partial charge in [0.2, 0.25) is 16.8 Å². The molecule has 0 aliphatic carbocycles. The summed E-state index contributed by atoms with van der Waals surface area (Å²) in [5.41, 5.74) is 4.48. The van der Waals surface area contributed by atoms with Crippen molar-refractivity contribution in [3.63, 3.8) is 0 Å². The number of carbonyl (C=O) groups excluding carboxylic acids is 1. The molecule has 4 rings (SSSR count). The lowest BCUT2D eigenvalue weighted by Crippen LogP contribution is -2.16. The average Bonchev–Trinajstić information content (AvgIpc) is 3.23. The highest BCUT2D eigenvalue weighted by molar-refractivity contribution is 7.15. The fourth-order valence-corrected chi connectivity index (χ4v) is 3.81. The van der Waals surface area contributed by atoms with E-state index in [0.717, 1.165) is 22.0 Å². The first kappa shape index (κ1) is 18.2. The highest BCUT2D eigenvalue weighted by Gasteiger charge is 2.14. The summed E-state index contributed by atoms with van der Waals surface area (Å²) in [7, 11) is 0. The van der Waals surface area contributed by atoms with Crippen molar-refractivity contribution in [2.45, 2.75) is 20.3 Å². The quantitative estimate of drug-likeness (QED) is 0.525. The number of aryl methyl sites for hydroxylation is 2. The number of benzene rings is 2. The second-order valence-corrected chi connectivity index (χ2v) is 7.37. The summed E-state index contributed by atoms with van der Waals surface area (Å²) >= 11 is 1.50. The van der Waals surface area contributed by atoms with E-state index >= 15 is 0 Å². The fourth-order valence-electron chi connectivity index (χ4n) is 2.99. The topological polar surface area (TPSA) is 68.5 Å². The maximum absolute atomic E-state index is 12.2. The van der Waals surface area contributed by atoms with Gasteiger partial charge in [-0.3, -0.25) is 10.1 Å². The summed E-state index contributed by atoms with van der Waals surface area (Å²) in [6, 6.07) is 15.7. The SMILES string of the molecule is Cc1ccc(-c2csc3nc(NC(=O)CCOc4ccccc4)nn23)c(C)c1. The molecule has 0 spiro atoms. The molecule has 0 saturated heterocycles. The third-order valence-electron chi connectivity index (χ3n) is 4.33. The molecule has 7 heteroatoms. The van der Waals surface area contributed by atoms with E-state index in [2.05, 4.69) is 47.4 Å². The summed E-state index contributed by atoms with van der Waals surface area (Å²) in [6.45, 7) is 4.45. The van der Waals surface area contributed by atoms with E-state index < -0.39 is 0 Å². The van der Waals surface area contributed by atoms with Crippen LogP contribution in [0.15, 0.2) is 53.9 Å². The summed E-state index contributed by atoms with van der Waals surface area (Å²) in [6.07, 6.45) is 0.228. The Morgan fingerprint density at radius 1 is 1.18 bits per heavy atom. The number of thiazole rings is 1. The van der Waals surface area contributed by atoms with E-state index in [-0.39, 0.29) is 12.3 Å². The maximum Gasteiger partial charge on any atom is 0.250 e. The predicted molar refractivity (Wildman–Crippen MR) is 111 cm³/mol. The fraction of sp³-hybridized carbons (Fsp3) is 0.190. The summed E-state index contributed by atoms with van der Waals surface area (Å²) in [5, 5.41) is 9.25. The Morgan fingerprint density at radius 3 is 2.79 bits per heavy atom. The van der Waals surface area contributed by atoms with E-state index in [4.69, 9.17) is 4.74 Å². The van der Waals surface area contributed by atoms with E-state index in [1.165, 1.54) is 22.5 Å². The number of rotatable bonds is 6. The lowest BCUT2D eigenvalue weighted by molar-refractivity contribution is -0.116. The van der Waals surface area contributed by atoms with Crippen molar-refractivity contribution in [2.75, 3.05) is 11.9 Å². The average molecular weight is 392 g/mol. The Hall–Kier alpha value is -3.19. The molecule has 0 fully saturated rings. The van der Waals surface area contributed by atoms with Crippen molar-refractivity contribution >= 4 is 28.2 Å². The van der Waals surface area contributed by atoms with Crippen LogP contribution in [-0.2, 0) is 4.79 Å². The number of nitrogens with one attached hydrogen (secondary N) is 1. The van der Waals surface area contributed by atoms with E-state index in [1.807, 2.05) is 35.7 Å². The van der Waals surface area contributed by atoms with E-state index in [9.17, 15) is 4.79 Å². The first-order chi connectivity index (χ1) is 13.6. The molecule has 2 heterocycles. The molecule has 0 aliphatic rings. The Balaban J connectivity index is 1.43. The van der Waals surface area contributed by atoms with Crippen molar-refractivity contribution in [1.82, 2.24) is 14.6 Å². The van der Waals surface area contributed by atoms with Gasteiger partial charge in [0.25, 0.3) is 0 Å². The van der Waals surface area contributed by atoms with Crippen LogP contribution in [0.25, 0.3) is 16.2 Å². The van der Waals surface area contributed by atoms with Gasteiger partial charge in [0, 0.05) is 10.9 Å². The van der Waals surface area contributed by atoms with Crippen LogP contribution in [0.2, 0.25) is 0 Å². The van der Waals surface area contributed by atoms with Gasteiger partial charge in [-0.1, -0.05) is 42.0 Å². The van der Waals surface area contributed by atoms with E-state index in [1.54, 1.807) is 4.52 Å². The van der Waals surface area contributed by atoms with Crippen LogP contribution in [0.4, 0.5) is 5.95 Å². The van der Waals surface area contributed by atoms with Crippen LogP contribution >= 0.6 is 11.3 Å². The first-order valence-electron chi connectivity index (χ1n) is 9.00. The van der Waals surface area contributed by atoms with E-state index in [0.29, 0.717) is 12.6 Å². The summed E-state index contributed by atoms with van der Waals surface area (Å²) < 4.78 is 7.33. The molecular weight excluding hydrogens is 372 g/mol. The maximum atomic E-state index is 12.2. The normalized spacial score (nSPS) is 10.9. The van der Waals surface area contributed by atoms with Crippen LogP contribution in [0.5, 0.6) is 5.75 Å². The number of hydrogen-bond acceptors (Lipinski definition) is 5. The van der Waals surface area contributed by atoms with Gasteiger partial charge in [-0.15, -0.1) is 16.4 Å². The molecule has 1 amide bonds. The Labute approximate surface area is 166 Å². The van der Waals surface area contributed by atoms with Crippen molar-refractivity contribution in [1.29, 1.82) is 0 Å². The molecule has 28 heavy (non-hydrogen) atoms. The molecule has 0 radical (unpaired) electrons. The Bertz CT molecular complexity index is 1120. The number of hydrogen-bond donors (Lipinski definition) is 1. The smallest absolute Gasteiger partial charge is 0.250 e. The van der Waals surface area contributed by atoms with Gasteiger partial charge < -0.3 is 4.74 Å². The molecule has 4 aromatic rings. The molecule has 0 aliphatic heterocycles. The summed E-state index contributed by atoms with van der Waals surface area (Å²) in [5.74, 6) is 0.874. The zero-order chi connectivity index (χ0) is 19.5. The third kappa shape index (κ3) is 3.89. The van der Waals surface area contributed by atoms with Crippen LogP contribution in [0, 0.1) is 13.8 Å². The van der Waals surface area contributed by atoms with Gasteiger partial charge in [-0.2, -0.15) is 4.98 Å². The number of fused-ring (bicyclic) bond motifs is 1. The van der Waals surface area contributed by atoms with Crippen LogP contribution in [0.1, 0.15) is 17.5 Å². The Morgan fingerprint density at radius 2 is 2.00 bits per heavy atom. The van der Waals surface area contributed by atoms with Gasteiger partial charge in [0.1, 0.15) is 5.75 Å².